The van der Waals surface area contributed by atoms with Crippen molar-refractivity contribution in [2.24, 2.45) is 15.9 Å². The topological polar surface area (TPSA) is 63.5 Å². The summed E-state index contributed by atoms with van der Waals surface area (Å²) in [5.74, 6) is 0.462. The number of amidine groups is 1. The van der Waals surface area contributed by atoms with Gasteiger partial charge in [0.1, 0.15) is 6.34 Å². The lowest BCUT2D eigenvalue weighted by Gasteiger charge is -2.55. The van der Waals surface area contributed by atoms with Gasteiger partial charge in [-0.25, -0.2) is 20.4 Å². The second-order valence-electron chi connectivity index (χ2n) is 7.65. The van der Waals surface area contributed by atoms with Crippen molar-refractivity contribution in [3.8, 4) is 0 Å². The van der Waals surface area contributed by atoms with Crippen LogP contribution < -0.4 is 5.43 Å². The molecule has 126 valence electrons. The van der Waals surface area contributed by atoms with Crippen molar-refractivity contribution in [2.75, 3.05) is 7.05 Å². The van der Waals surface area contributed by atoms with Crippen molar-refractivity contribution in [3.63, 3.8) is 0 Å². The number of hydrazine groups is 1. The Kier molecular flexibility index (Phi) is 4.88. The molecule has 2 heterocycles. The summed E-state index contributed by atoms with van der Waals surface area (Å²) in [7, 11) is 2.20. The van der Waals surface area contributed by atoms with Gasteiger partial charge in [0, 0.05) is 17.1 Å². The molecule has 22 heavy (non-hydrogen) atoms. The van der Waals surface area contributed by atoms with Gasteiger partial charge in [0.15, 0.2) is 0 Å². The smallest absolute Gasteiger partial charge is 0.242 e. The highest BCUT2D eigenvalue weighted by atomic mass is 35.5. The fraction of sp³-hybridized carbons (Fsp3) is 0.867. The molecule has 0 radical (unpaired) electrons. The van der Waals surface area contributed by atoms with Crippen LogP contribution in [0.5, 0.6) is 0 Å². The third-order valence-electron chi connectivity index (χ3n) is 5.18. The summed E-state index contributed by atoms with van der Waals surface area (Å²) >= 11 is 6.05. The zero-order valence-electron chi connectivity index (χ0n) is 14.3. The highest BCUT2D eigenvalue weighted by Gasteiger charge is 2.44. The summed E-state index contributed by atoms with van der Waals surface area (Å²) in [4.78, 5) is 10.2. The van der Waals surface area contributed by atoms with Crippen LogP contribution in [0.25, 0.3) is 0 Å². The molecule has 2 aliphatic heterocycles. The number of aliphatic hydroxyl groups excluding tert-OH is 1. The molecular formula is C15H28ClN5O. The molecule has 0 saturated carbocycles. The van der Waals surface area contributed by atoms with Crippen molar-refractivity contribution in [1.82, 2.24) is 15.3 Å². The van der Waals surface area contributed by atoms with Crippen LogP contribution in [0.4, 0.5) is 0 Å². The van der Waals surface area contributed by atoms with Gasteiger partial charge in [0.25, 0.3) is 0 Å². The molecule has 0 aromatic carbocycles. The number of likely N-dealkylation sites (tertiary alicyclic amines) is 1. The van der Waals surface area contributed by atoms with Gasteiger partial charge in [-0.1, -0.05) is 0 Å². The van der Waals surface area contributed by atoms with Crippen LogP contribution in [0, 0.1) is 5.92 Å². The Labute approximate surface area is 138 Å². The van der Waals surface area contributed by atoms with Gasteiger partial charge < -0.3 is 5.11 Å². The molecule has 6 nitrogen and oxygen atoms in total. The van der Waals surface area contributed by atoms with Crippen molar-refractivity contribution >= 4 is 23.2 Å². The SMILES string of the molecule is CC(NN1C(Cl)=NC=NC1O)C1CC(C)(C)N(C)C(C)(C)C1. The van der Waals surface area contributed by atoms with E-state index in [1.54, 1.807) is 0 Å². The van der Waals surface area contributed by atoms with E-state index in [1.807, 2.05) is 0 Å². The van der Waals surface area contributed by atoms with Crippen molar-refractivity contribution in [3.05, 3.63) is 0 Å². The third-order valence-corrected chi connectivity index (χ3v) is 5.46. The number of piperidine rings is 1. The maximum absolute atomic E-state index is 9.93. The Morgan fingerprint density at radius 3 is 2.36 bits per heavy atom. The molecular weight excluding hydrogens is 302 g/mol. The van der Waals surface area contributed by atoms with Crippen LogP contribution in [-0.2, 0) is 0 Å². The van der Waals surface area contributed by atoms with Gasteiger partial charge in [-0.15, -0.1) is 0 Å². The predicted octanol–water partition coefficient (Wildman–Crippen LogP) is 1.99. The van der Waals surface area contributed by atoms with E-state index >= 15 is 0 Å². The summed E-state index contributed by atoms with van der Waals surface area (Å²) in [6, 6.07) is 0.152. The Hall–Kier alpha value is -0.690. The molecule has 0 aromatic heterocycles. The lowest BCUT2D eigenvalue weighted by Crippen LogP contribution is -2.62. The number of halogens is 1. The zero-order valence-corrected chi connectivity index (χ0v) is 15.1. The fourth-order valence-corrected chi connectivity index (χ4v) is 3.79. The second-order valence-corrected chi connectivity index (χ2v) is 7.99. The largest absolute Gasteiger partial charge is 0.354 e. The van der Waals surface area contributed by atoms with Gasteiger partial charge in [-0.3, -0.25) is 4.90 Å². The normalized spacial score (nSPS) is 30.3. The highest BCUT2D eigenvalue weighted by molar-refractivity contribution is 6.65. The number of nitrogens with zero attached hydrogens (tertiary/aromatic N) is 4. The standard InChI is InChI=1S/C15H28ClN5O/c1-10(19-21-12(16)17-9-18-13(21)22)11-7-14(2,3)20(6)15(4,5)8-11/h9-11,13,19,22H,7-8H2,1-6H3. The minimum atomic E-state index is -1.03. The number of hydrogen-bond donors (Lipinski definition) is 2. The van der Waals surface area contributed by atoms with E-state index in [2.05, 4.69) is 62.0 Å². The fourth-order valence-electron chi connectivity index (χ4n) is 3.61. The van der Waals surface area contributed by atoms with Crippen molar-refractivity contribution < 1.29 is 5.11 Å². The summed E-state index contributed by atoms with van der Waals surface area (Å²) < 4.78 is 0. The van der Waals surface area contributed by atoms with Crippen LogP contribution in [0.2, 0.25) is 0 Å². The third kappa shape index (κ3) is 3.45. The molecule has 2 rings (SSSR count). The molecule has 1 saturated heterocycles. The first kappa shape index (κ1) is 17.7. The van der Waals surface area contributed by atoms with E-state index < -0.39 is 6.35 Å². The lowest BCUT2D eigenvalue weighted by atomic mass is 9.72. The molecule has 2 atom stereocenters. The molecule has 0 amide bonds. The average molecular weight is 330 g/mol. The molecule has 0 aliphatic carbocycles. The van der Waals surface area contributed by atoms with E-state index in [9.17, 15) is 5.11 Å². The molecule has 2 aliphatic rings. The Morgan fingerprint density at radius 2 is 1.86 bits per heavy atom. The van der Waals surface area contributed by atoms with Gasteiger partial charge in [0.05, 0.1) is 0 Å². The van der Waals surface area contributed by atoms with Crippen LogP contribution in [-0.4, -0.2) is 57.2 Å². The Balaban J connectivity index is 2.08. The Bertz CT molecular complexity index is 459. The van der Waals surface area contributed by atoms with E-state index in [1.165, 1.54) is 11.3 Å². The first-order valence-electron chi connectivity index (χ1n) is 7.77. The summed E-state index contributed by atoms with van der Waals surface area (Å²) in [5, 5.41) is 11.6. The lowest BCUT2D eigenvalue weighted by molar-refractivity contribution is -0.0500. The summed E-state index contributed by atoms with van der Waals surface area (Å²) in [6.45, 7) is 11.2. The predicted molar refractivity (Wildman–Crippen MR) is 90.9 cm³/mol. The number of aliphatic imine (C=N–C) groups is 2. The van der Waals surface area contributed by atoms with E-state index in [0.29, 0.717) is 5.92 Å². The number of rotatable bonds is 3. The molecule has 2 unspecified atom stereocenters. The van der Waals surface area contributed by atoms with Crippen LogP contribution in [0.3, 0.4) is 0 Å². The van der Waals surface area contributed by atoms with E-state index in [0.717, 1.165) is 12.8 Å². The van der Waals surface area contributed by atoms with Crippen LogP contribution >= 0.6 is 11.6 Å². The monoisotopic (exact) mass is 329 g/mol. The van der Waals surface area contributed by atoms with Gasteiger partial charge >= 0.3 is 0 Å². The molecule has 2 N–H and O–H groups in total. The van der Waals surface area contributed by atoms with Crippen molar-refractivity contribution in [1.29, 1.82) is 0 Å². The quantitative estimate of drug-likeness (QED) is 0.777. The van der Waals surface area contributed by atoms with Gasteiger partial charge in [0.2, 0.25) is 11.6 Å². The molecule has 0 aromatic rings. The van der Waals surface area contributed by atoms with E-state index in [-0.39, 0.29) is 22.4 Å². The molecule has 0 spiro atoms. The zero-order chi connectivity index (χ0) is 16.7. The summed E-state index contributed by atoms with van der Waals surface area (Å²) in [5.41, 5.74) is 3.51. The molecule has 1 fully saturated rings. The molecule has 0 bridgehead atoms. The first-order chi connectivity index (χ1) is 10.0. The minimum absolute atomic E-state index is 0.124. The van der Waals surface area contributed by atoms with Crippen molar-refractivity contribution in [2.45, 2.75) is 70.9 Å². The number of nitrogens with one attached hydrogen (secondary N) is 1. The number of hydrogen-bond acceptors (Lipinski definition) is 6. The van der Waals surface area contributed by atoms with Crippen LogP contribution in [0.15, 0.2) is 9.98 Å². The number of aliphatic hydroxyl groups is 1. The highest BCUT2D eigenvalue weighted by Crippen LogP contribution is 2.41. The maximum atomic E-state index is 9.93. The summed E-state index contributed by atoms with van der Waals surface area (Å²) in [6.07, 6.45) is 2.39. The van der Waals surface area contributed by atoms with Gasteiger partial charge in [-0.2, -0.15) is 0 Å². The average Bonchev–Trinajstić information content (AvgIpc) is 2.39. The first-order valence-corrected chi connectivity index (χ1v) is 8.15. The maximum Gasteiger partial charge on any atom is 0.242 e. The van der Waals surface area contributed by atoms with Gasteiger partial charge in [-0.05, 0) is 72.0 Å². The van der Waals surface area contributed by atoms with E-state index in [4.69, 9.17) is 11.6 Å². The Morgan fingerprint density at radius 1 is 1.32 bits per heavy atom. The van der Waals surface area contributed by atoms with Crippen LogP contribution in [0.1, 0.15) is 47.5 Å². The molecule has 7 heteroatoms. The minimum Gasteiger partial charge on any atom is -0.354 e. The second kappa shape index (κ2) is 6.07.